The third-order valence-electron chi connectivity index (χ3n) is 2.98. The minimum atomic E-state index is -0.136. The van der Waals surface area contributed by atoms with E-state index >= 15 is 0 Å². The molecule has 106 valence electrons. The summed E-state index contributed by atoms with van der Waals surface area (Å²) in [4.78, 5) is 11.9. The topological polar surface area (TPSA) is 46.9 Å². The third-order valence-corrected chi connectivity index (χ3v) is 3.82. The van der Waals surface area contributed by atoms with E-state index in [2.05, 4.69) is 9.69 Å². The Morgan fingerprint density at radius 3 is 2.67 bits per heavy atom. The molecule has 0 aliphatic heterocycles. The van der Waals surface area contributed by atoms with Crippen molar-refractivity contribution in [2.45, 2.75) is 6.92 Å². The van der Waals surface area contributed by atoms with Gasteiger partial charge in [0.2, 0.25) is 5.95 Å². The van der Waals surface area contributed by atoms with Crippen molar-refractivity contribution in [3.8, 4) is 5.69 Å². The summed E-state index contributed by atoms with van der Waals surface area (Å²) in [5.74, 6) is 0.483. The van der Waals surface area contributed by atoms with Crippen molar-refractivity contribution in [3.63, 3.8) is 0 Å². The van der Waals surface area contributed by atoms with Gasteiger partial charge in [-0.1, -0.05) is 35.4 Å². The molecule has 0 bridgehead atoms. The number of hydrogen-bond acceptors (Lipinski definition) is 4. The molecule has 0 aliphatic rings. The van der Waals surface area contributed by atoms with E-state index in [0.717, 1.165) is 28.5 Å². The molecular weight excluding hydrogens is 306 g/mol. The van der Waals surface area contributed by atoms with Gasteiger partial charge in [-0.15, -0.1) is 0 Å². The second-order valence-electron chi connectivity index (χ2n) is 4.58. The Morgan fingerprint density at radius 2 is 1.95 bits per heavy atom. The Hall–Kier alpha value is -2.11. The van der Waals surface area contributed by atoms with Crippen LogP contribution in [-0.2, 0) is 0 Å². The molecule has 0 unspecified atom stereocenters. The molecule has 3 rings (SSSR count). The average Bonchev–Trinajstić information content (AvgIpc) is 2.81. The minimum Gasteiger partial charge on any atom is -0.324 e. The molecule has 3 aromatic rings. The highest BCUT2D eigenvalue weighted by molar-refractivity contribution is 7.03. The highest BCUT2D eigenvalue weighted by Crippen LogP contribution is 2.21. The standard InChI is InChI=1S/C15H12ClN3OS/c1-10-5-7-13(8-6-10)19-14(18-21-15(19)20)17-12-4-2-3-11(16)9-12/h2-9H,1H3,(H,17,18). The number of benzene rings is 2. The molecule has 0 atom stereocenters. The van der Waals surface area contributed by atoms with E-state index in [1.807, 2.05) is 43.3 Å². The van der Waals surface area contributed by atoms with E-state index in [0.29, 0.717) is 11.0 Å². The Labute approximate surface area is 130 Å². The number of rotatable bonds is 3. The van der Waals surface area contributed by atoms with Crippen LogP contribution in [0, 0.1) is 6.92 Å². The number of nitrogens with one attached hydrogen (secondary N) is 1. The quantitative estimate of drug-likeness (QED) is 0.794. The molecule has 0 fully saturated rings. The summed E-state index contributed by atoms with van der Waals surface area (Å²) in [7, 11) is 0. The summed E-state index contributed by atoms with van der Waals surface area (Å²) < 4.78 is 5.72. The molecule has 2 aromatic carbocycles. The van der Waals surface area contributed by atoms with Crippen LogP contribution in [0.25, 0.3) is 5.69 Å². The molecule has 21 heavy (non-hydrogen) atoms. The van der Waals surface area contributed by atoms with Crippen LogP contribution in [0.2, 0.25) is 5.02 Å². The summed E-state index contributed by atoms with van der Waals surface area (Å²) >= 11 is 6.88. The summed E-state index contributed by atoms with van der Waals surface area (Å²) in [6.07, 6.45) is 0. The van der Waals surface area contributed by atoms with Crippen LogP contribution in [0.4, 0.5) is 11.6 Å². The molecule has 0 radical (unpaired) electrons. The summed E-state index contributed by atoms with van der Waals surface area (Å²) in [6, 6.07) is 15.0. The average molecular weight is 318 g/mol. The third kappa shape index (κ3) is 2.99. The van der Waals surface area contributed by atoms with Crippen LogP contribution < -0.4 is 10.2 Å². The van der Waals surface area contributed by atoms with Gasteiger partial charge < -0.3 is 5.32 Å². The minimum absolute atomic E-state index is 0.136. The molecule has 1 N–H and O–H groups in total. The second kappa shape index (κ2) is 5.71. The van der Waals surface area contributed by atoms with Gasteiger partial charge in [0.15, 0.2) is 0 Å². The molecule has 0 saturated carbocycles. The smallest absolute Gasteiger partial charge is 0.324 e. The largest absolute Gasteiger partial charge is 0.332 e. The molecule has 0 spiro atoms. The predicted molar refractivity (Wildman–Crippen MR) is 87.2 cm³/mol. The highest BCUT2D eigenvalue weighted by Gasteiger charge is 2.11. The van der Waals surface area contributed by atoms with E-state index in [1.54, 1.807) is 16.7 Å². The number of aromatic nitrogens is 2. The molecule has 1 heterocycles. The summed E-state index contributed by atoms with van der Waals surface area (Å²) in [6.45, 7) is 2.00. The van der Waals surface area contributed by atoms with E-state index in [1.165, 1.54) is 0 Å². The molecule has 0 saturated heterocycles. The first kappa shape index (κ1) is 13.9. The number of nitrogens with zero attached hydrogens (tertiary/aromatic N) is 2. The first-order valence-electron chi connectivity index (χ1n) is 6.32. The highest BCUT2D eigenvalue weighted by atomic mass is 35.5. The van der Waals surface area contributed by atoms with Crippen molar-refractivity contribution >= 4 is 34.8 Å². The molecule has 0 aliphatic carbocycles. The van der Waals surface area contributed by atoms with Gasteiger partial charge in [0.1, 0.15) is 0 Å². The van der Waals surface area contributed by atoms with Crippen molar-refractivity contribution < 1.29 is 0 Å². The lowest BCUT2D eigenvalue weighted by Crippen LogP contribution is -2.13. The lowest BCUT2D eigenvalue weighted by Gasteiger charge is -2.08. The fraction of sp³-hybridized carbons (Fsp3) is 0.0667. The second-order valence-corrected chi connectivity index (χ2v) is 5.73. The van der Waals surface area contributed by atoms with Crippen molar-refractivity contribution in [2.24, 2.45) is 0 Å². The van der Waals surface area contributed by atoms with E-state index in [-0.39, 0.29) is 4.87 Å². The maximum Gasteiger partial charge on any atom is 0.332 e. The van der Waals surface area contributed by atoms with Gasteiger partial charge in [-0.05, 0) is 37.3 Å². The first-order valence-corrected chi connectivity index (χ1v) is 7.47. The monoisotopic (exact) mass is 317 g/mol. The fourth-order valence-electron chi connectivity index (χ4n) is 1.95. The van der Waals surface area contributed by atoms with Crippen molar-refractivity contribution in [3.05, 3.63) is 68.8 Å². The van der Waals surface area contributed by atoms with Crippen molar-refractivity contribution in [1.29, 1.82) is 0 Å². The van der Waals surface area contributed by atoms with E-state index in [9.17, 15) is 4.79 Å². The zero-order valence-corrected chi connectivity index (χ0v) is 12.8. The number of anilines is 2. The van der Waals surface area contributed by atoms with Crippen LogP contribution in [-0.4, -0.2) is 8.94 Å². The predicted octanol–water partition coefficient (Wildman–Crippen LogP) is 4.00. The summed E-state index contributed by atoms with van der Waals surface area (Å²) in [5, 5.41) is 3.75. The van der Waals surface area contributed by atoms with Gasteiger partial charge in [-0.3, -0.25) is 4.79 Å². The molecule has 6 heteroatoms. The number of halogens is 1. The van der Waals surface area contributed by atoms with Crippen LogP contribution in [0.5, 0.6) is 0 Å². The van der Waals surface area contributed by atoms with Gasteiger partial charge in [-0.25, -0.2) is 4.57 Å². The maximum absolute atomic E-state index is 12.0. The molecular formula is C15H12ClN3OS. The molecule has 4 nitrogen and oxygen atoms in total. The lowest BCUT2D eigenvalue weighted by molar-refractivity contribution is 1.02. The zero-order valence-electron chi connectivity index (χ0n) is 11.2. The van der Waals surface area contributed by atoms with Gasteiger partial charge in [0.05, 0.1) is 5.69 Å². The van der Waals surface area contributed by atoms with Crippen LogP contribution in [0.1, 0.15) is 5.56 Å². The van der Waals surface area contributed by atoms with Gasteiger partial charge in [0, 0.05) is 22.2 Å². The molecule has 1 aromatic heterocycles. The van der Waals surface area contributed by atoms with E-state index in [4.69, 9.17) is 11.6 Å². The SMILES string of the molecule is Cc1ccc(-n2c(Nc3cccc(Cl)c3)nsc2=O)cc1. The van der Waals surface area contributed by atoms with Gasteiger partial charge >= 0.3 is 4.87 Å². The Kier molecular flexibility index (Phi) is 3.77. The first-order chi connectivity index (χ1) is 10.1. The van der Waals surface area contributed by atoms with Gasteiger partial charge in [-0.2, -0.15) is 4.37 Å². The molecule has 0 amide bonds. The van der Waals surface area contributed by atoms with Crippen LogP contribution in [0.3, 0.4) is 0 Å². The number of hydrogen-bond donors (Lipinski definition) is 1. The Bertz CT molecular complexity index is 823. The normalized spacial score (nSPS) is 10.6. The Morgan fingerprint density at radius 1 is 1.19 bits per heavy atom. The van der Waals surface area contributed by atoms with E-state index < -0.39 is 0 Å². The lowest BCUT2D eigenvalue weighted by atomic mass is 10.2. The van der Waals surface area contributed by atoms with Crippen molar-refractivity contribution in [2.75, 3.05) is 5.32 Å². The Balaban J connectivity index is 2.01. The van der Waals surface area contributed by atoms with Gasteiger partial charge in [0.25, 0.3) is 0 Å². The summed E-state index contributed by atoms with van der Waals surface area (Å²) in [5.41, 5.74) is 2.71. The maximum atomic E-state index is 12.0. The van der Waals surface area contributed by atoms with Crippen LogP contribution >= 0.6 is 23.1 Å². The van der Waals surface area contributed by atoms with Crippen LogP contribution in [0.15, 0.2) is 53.3 Å². The number of aryl methyl sites for hydroxylation is 1. The fourth-order valence-corrected chi connectivity index (χ4v) is 2.70. The zero-order chi connectivity index (χ0) is 14.8. The van der Waals surface area contributed by atoms with Crippen molar-refractivity contribution in [1.82, 2.24) is 8.94 Å².